The van der Waals surface area contributed by atoms with Crippen LogP contribution in [0.1, 0.15) is 13.3 Å². The van der Waals surface area contributed by atoms with E-state index in [0.717, 1.165) is 6.42 Å². The third-order valence-corrected chi connectivity index (χ3v) is 4.36. The minimum Gasteiger partial charge on any atom is -0.480 e. The highest BCUT2D eigenvalue weighted by Crippen LogP contribution is 2.47. The van der Waals surface area contributed by atoms with E-state index < -0.39 is 9.63 Å². The van der Waals surface area contributed by atoms with Gasteiger partial charge in [0, 0.05) is 5.92 Å². The molecule has 0 saturated heterocycles. The number of alkyl halides is 1. The zero-order valence-electron chi connectivity index (χ0n) is 6.08. The second-order valence-electron chi connectivity index (χ2n) is 2.41. The van der Waals surface area contributed by atoms with Crippen LogP contribution in [-0.2, 0) is 4.79 Å². The minimum absolute atomic E-state index is 0.102. The number of allylic oxidation sites excluding steroid dienone is 1. The van der Waals surface area contributed by atoms with Crippen LogP contribution in [0.4, 0.5) is 0 Å². The van der Waals surface area contributed by atoms with Crippen molar-refractivity contribution in [3.8, 4) is 0 Å². The Kier molecular flexibility index (Phi) is 2.65. The van der Waals surface area contributed by atoms with Crippen molar-refractivity contribution in [3.63, 3.8) is 0 Å². The number of hydrogen-bond acceptors (Lipinski definition) is 2. The van der Waals surface area contributed by atoms with Gasteiger partial charge in [0.05, 0.1) is 0 Å². The first-order valence-electron chi connectivity index (χ1n) is 3.38. The fourth-order valence-corrected chi connectivity index (χ4v) is 2.84. The molecular weight excluding hydrogens is 228 g/mol. The van der Waals surface area contributed by atoms with E-state index in [4.69, 9.17) is 5.11 Å². The van der Waals surface area contributed by atoms with E-state index in [9.17, 15) is 4.79 Å². The molecule has 0 aromatic carbocycles. The molecule has 62 valence electrons. The lowest BCUT2D eigenvalue weighted by molar-refractivity contribution is -0.137. The number of halogens is 1. The maximum atomic E-state index is 10.8. The van der Waals surface area contributed by atoms with Crippen LogP contribution in [0, 0.1) is 5.92 Å². The molecule has 0 amide bonds. The molecular formula is C7H9BrO2S. The summed E-state index contributed by atoms with van der Waals surface area (Å²) < 4.78 is -0.804. The Hall–Kier alpha value is 0.0400. The van der Waals surface area contributed by atoms with Crippen molar-refractivity contribution < 1.29 is 9.90 Å². The van der Waals surface area contributed by atoms with Gasteiger partial charge in [-0.1, -0.05) is 28.9 Å². The highest BCUT2D eigenvalue weighted by atomic mass is 79.9. The zero-order valence-corrected chi connectivity index (χ0v) is 8.48. The van der Waals surface area contributed by atoms with Gasteiger partial charge >= 0.3 is 5.97 Å². The van der Waals surface area contributed by atoms with Crippen LogP contribution in [0.25, 0.3) is 0 Å². The maximum absolute atomic E-state index is 10.8. The van der Waals surface area contributed by atoms with E-state index in [1.807, 2.05) is 18.4 Å². The Labute approximate surface area is 78.2 Å². The third-order valence-electron chi connectivity index (χ3n) is 1.76. The lowest BCUT2D eigenvalue weighted by Gasteiger charge is -2.22. The van der Waals surface area contributed by atoms with Crippen LogP contribution in [0.2, 0.25) is 0 Å². The first-order valence-corrected chi connectivity index (χ1v) is 5.05. The van der Waals surface area contributed by atoms with Gasteiger partial charge in [0.15, 0.2) is 3.66 Å². The molecule has 0 spiro atoms. The van der Waals surface area contributed by atoms with Crippen molar-refractivity contribution in [1.82, 2.24) is 0 Å². The van der Waals surface area contributed by atoms with Crippen molar-refractivity contribution >= 4 is 33.7 Å². The molecule has 2 unspecified atom stereocenters. The molecule has 1 rings (SSSR count). The van der Waals surface area contributed by atoms with Crippen LogP contribution in [0.5, 0.6) is 0 Å². The van der Waals surface area contributed by atoms with Crippen LogP contribution >= 0.6 is 27.7 Å². The van der Waals surface area contributed by atoms with Gasteiger partial charge in [0.2, 0.25) is 0 Å². The Morgan fingerprint density at radius 2 is 2.55 bits per heavy atom. The van der Waals surface area contributed by atoms with Crippen molar-refractivity contribution in [1.29, 1.82) is 0 Å². The number of rotatable bonds is 2. The maximum Gasteiger partial charge on any atom is 0.331 e. The fraction of sp³-hybridized carbons (Fsp3) is 0.571. The summed E-state index contributed by atoms with van der Waals surface area (Å²) in [5.74, 6) is -0.690. The average molecular weight is 237 g/mol. The Balaban J connectivity index is 2.80. The second-order valence-corrected chi connectivity index (χ2v) is 5.34. The molecule has 0 aromatic heterocycles. The highest BCUT2D eigenvalue weighted by Gasteiger charge is 2.44. The van der Waals surface area contributed by atoms with E-state index in [1.54, 1.807) is 0 Å². The first kappa shape index (κ1) is 9.13. The van der Waals surface area contributed by atoms with E-state index in [-0.39, 0.29) is 5.92 Å². The van der Waals surface area contributed by atoms with Crippen molar-refractivity contribution in [2.24, 2.45) is 5.92 Å². The predicted molar refractivity (Wildman–Crippen MR) is 49.8 cm³/mol. The number of aliphatic carboxylic acids is 1. The average Bonchev–Trinajstić information content (AvgIpc) is 2.32. The molecule has 0 radical (unpaired) electrons. The predicted octanol–water partition coefficient (Wildman–Crippen LogP) is 2.45. The molecule has 11 heavy (non-hydrogen) atoms. The number of carbonyl (C=O) groups is 1. The summed E-state index contributed by atoms with van der Waals surface area (Å²) in [6.07, 6.45) is 2.79. The van der Waals surface area contributed by atoms with Crippen LogP contribution in [-0.4, -0.2) is 14.7 Å². The van der Waals surface area contributed by atoms with Gasteiger partial charge in [-0.25, -0.2) is 4.79 Å². The largest absolute Gasteiger partial charge is 0.480 e. The summed E-state index contributed by atoms with van der Waals surface area (Å²) in [7, 11) is 0. The second kappa shape index (κ2) is 3.19. The van der Waals surface area contributed by atoms with Gasteiger partial charge in [-0.05, 0) is 11.8 Å². The summed E-state index contributed by atoms with van der Waals surface area (Å²) >= 11 is 4.56. The number of carboxylic acids is 1. The molecule has 0 saturated carbocycles. The lowest BCUT2D eigenvalue weighted by atomic mass is 10.0. The molecule has 0 aromatic rings. The third kappa shape index (κ3) is 1.47. The van der Waals surface area contributed by atoms with Crippen LogP contribution in [0.3, 0.4) is 0 Å². The summed E-state index contributed by atoms with van der Waals surface area (Å²) in [6, 6.07) is 0. The van der Waals surface area contributed by atoms with E-state index in [0.29, 0.717) is 0 Å². The van der Waals surface area contributed by atoms with Crippen molar-refractivity contribution in [2.75, 3.05) is 0 Å². The Bertz CT molecular complexity index is 205. The first-order chi connectivity index (χ1) is 5.11. The van der Waals surface area contributed by atoms with Gasteiger partial charge in [-0.15, -0.1) is 11.8 Å². The molecule has 4 heteroatoms. The molecule has 1 aliphatic rings. The molecule has 2 atom stereocenters. The summed E-state index contributed by atoms with van der Waals surface area (Å²) in [4.78, 5) is 10.8. The Morgan fingerprint density at radius 3 is 2.91 bits per heavy atom. The molecule has 1 N–H and O–H groups in total. The minimum atomic E-state index is -0.804. The summed E-state index contributed by atoms with van der Waals surface area (Å²) in [5.41, 5.74) is 0. The number of hydrogen-bond donors (Lipinski definition) is 1. The monoisotopic (exact) mass is 236 g/mol. The number of thioether (sulfide) groups is 1. The molecule has 0 fully saturated rings. The zero-order chi connectivity index (χ0) is 8.48. The normalized spacial score (nSPS) is 36.0. The number of carboxylic acid groups (broad SMARTS) is 1. The lowest BCUT2D eigenvalue weighted by Crippen LogP contribution is -2.32. The van der Waals surface area contributed by atoms with Crippen molar-refractivity contribution in [3.05, 3.63) is 11.5 Å². The fourth-order valence-electron chi connectivity index (χ4n) is 1.05. The quantitative estimate of drug-likeness (QED) is 0.749. The molecule has 1 aliphatic heterocycles. The molecule has 1 heterocycles. The van der Waals surface area contributed by atoms with Crippen LogP contribution in [0.15, 0.2) is 11.5 Å². The summed E-state index contributed by atoms with van der Waals surface area (Å²) in [5, 5.41) is 10.7. The molecule has 0 bridgehead atoms. The van der Waals surface area contributed by atoms with Gasteiger partial charge in [0.25, 0.3) is 0 Å². The summed E-state index contributed by atoms with van der Waals surface area (Å²) in [6.45, 7) is 1.99. The van der Waals surface area contributed by atoms with Gasteiger partial charge < -0.3 is 5.11 Å². The molecule has 2 nitrogen and oxygen atoms in total. The van der Waals surface area contributed by atoms with E-state index in [1.165, 1.54) is 11.8 Å². The standard InChI is InChI=1S/C7H9BrO2S/c1-2-5-3-4-11-7(5,8)6(9)10/h3-5H,2H2,1H3,(H,9,10). The highest BCUT2D eigenvalue weighted by molar-refractivity contribution is 9.12. The smallest absolute Gasteiger partial charge is 0.331 e. The Morgan fingerprint density at radius 1 is 1.91 bits per heavy atom. The van der Waals surface area contributed by atoms with E-state index in [2.05, 4.69) is 15.9 Å². The van der Waals surface area contributed by atoms with Crippen molar-refractivity contribution in [2.45, 2.75) is 17.0 Å². The van der Waals surface area contributed by atoms with Crippen LogP contribution < -0.4 is 0 Å². The van der Waals surface area contributed by atoms with Gasteiger partial charge in [0.1, 0.15) is 0 Å². The SMILES string of the molecule is CCC1C=CSC1(Br)C(=O)O. The molecule has 0 aliphatic carbocycles. The topological polar surface area (TPSA) is 37.3 Å². The van der Waals surface area contributed by atoms with Gasteiger partial charge in [-0.3, -0.25) is 0 Å². The van der Waals surface area contributed by atoms with Gasteiger partial charge in [-0.2, -0.15) is 0 Å². The van der Waals surface area contributed by atoms with E-state index >= 15 is 0 Å².